The summed E-state index contributed by atoms with van der Waals surface area (Å²) in [7, 11) is 0. The van der Waals surface area contributed by atoms with Gasteiger partial charge in [-0.2, -0.15) is 10.4 Å². The monoisotopic (exact) mass is 453 g/mol. The molecule has 1 amide bonds. The second-order valence-corrected chi connectivity index (χ2v) is 9.10. The first-order chi connectivity index (χ1) is 15.9. The molecule has 0 radical (unpaired) electrons. The molecule has 3 saturated carbocycles. The SMILES string of the molecule is N#Cc1ccc(OC[C@@H]2CC(C(=O)N3N=CCC3c3cc(F)cc(F)c3)C3CC2C3)c(F)c1. The van der Waals surface area contributed by atoms with Crippen LogP contribution in [0.3, 0.4) is 0 Å². The van der Waals surface area contributed by atoms with Crippen LogP contribution >= 0.6 is 0 Å². The second kappa shape index (κ2) is 8.54. The largest absolute Gasteiger partial charge is 0.490 e. The number of carbonyl (C=O) groups excluding carboxylic acids is 1. The van der Waals surface area contributed by atoms with Gasteiger partial charge in [-0.1, -0.05) is 0 Å². The molecular formula is C25H22F3N3O2. The molecule has 2 aromatic carbocycles. The summed E-state index contributed by atoms with van der Waals surface area (Å²) in [6, 6.07) is 8.75. The van der Waals surface area contributed by atoms with Crippen molar-refractivity contribution in [3.05, 3.63) is 65.0 Å². The van der Waals surface area contributed by atoms with Gasteiger partial charge in [0.05, 0.1) is 24.3 Å². The lowest BCUT2D eigenvalue weighted by atomic mass is 9.55. The minimum Gasteiger partial charge on any atom is -0.490 e. The molecule has 0 N–H and O–H groups in total. The van der Waals surface area contributed by atoms with E-state index in [0.717, 1.165) is 25.0 Å². The minimum absolute atomic E-state index is 0.0932. The molecule has 170 valence electrons. The fraction of sp³-hybridized carbons (Fsp3) is 0.400. The number of rotatable bonds is 5. The van der Waals surface area contributed by atoms with E-state index in [1.54, 1.807) is 6.21 Å². The third-order valence-corrected chi connectivity index (χ3v) is 7.16. The van der Waals surface area contributed by atoms with Gasteiger partial charge in [0.2, 0.25) is 5.91 Å². The van der Waals surface area contributed by atoms with Gasteiger partial charge in [0, 0.05) is 24.6 Å². The van der Waals surface area contributed by atoms with Crippen molar-refractivity contribution in [2.75, 3.05) is 6.61 Å². The Morgan fingerprint density at radius 3 is 2.55 bits per heavy atom. The Balaban J connectivity index is 1.27. The van der Waals surface area contributed by atoms with Gasteiger partial charge < -0.3 is 4.74 Å². The van der Waals surface area contributed by atoms with E-state index in [1.165, 1.54) is 29.3 Å². The zero-order valence-corrected chi connectivity index (χ0v) is 17.8. The predicted molar refractivity (Wildman–Crippen MR) is 113 cm³/mol. The first kappa shape index (κ1) is 21.5. The van der Waals surface area contributed by atoms with Gasteiger partial charge in [-0.05, 0) is 72.9 Å². The van der Waals surface area contributed by atoms with Crippen LogP contribution in [0.2, 0.25) is 0 Å². The third kappa shape index (κ3) is 4.08. The van der Waals surface area contributed by atoms with E-state index in [2.05, 4.69) is 5.10 Å². The Hall–Kier alpha value is -3.34. The van der Waals surface area contributed by atoms with E-state index < -0.39 is 23.5 Å². The second-order valence-electron chi connectivity index (χ2n) is 9.10. The third-order valence-electron chi connectivity index (χ3n) is 7.16. The molecule has 2 bridgehead atoms. The van der Waals surface area contributed by atoms with Gasteiger partial charge in [-0.25, -0.2) is 18.2 Å². The topological polar surface area (TPSA) is 65.7 Å². The molecule has 8 heteroatoms. The highest BCUT2D eigenvalue weighted by molar-refractivity contribution is 5.82. The number of fused-ring (bicyclic) bond motifs is 2. The molecule has 4 aliphatic rings. The number of carbonyl (C=O) groups is 1. The zero-order chi connectivity index (χ0) is 23.1. The van der Waals surface area contributed by atoms with E-state index in [0.29, 0.717) is 24.3 Å². The van der Waals surface area contributed by atoms with Crippen molar-refractivity contribution in [1.29, 1.82) is 5.26 Å². The van der Waals surface area contributed by atoms with Crippen molar-refractivity contribution < 1.29 is 22.7 Å². The van der Waals surface area contributed by atoms with Gasteiger partial charge in [-0.3, -0.25) is 4.79 Å². The quantitative estimate of drug-likeness (QED) is 0.642. The Bertz CT molecular complexity index is 1140. The molecule has 3 aliphatic carbocycles. The highest BCUT2D eigenvalue weighted by atomic mass is 19.1. The van der Waals surface area contributed by atoms with Crippen LogP contribution in [-0.2, 0) is 4.79 Å². The van der Waals surface area contributed by atoms with Crippen LogP contribution in [0.15, 0.2) is 41.5 Å². The van der Waals surface area contributed by atoms with Crippen LogP contribution < -0.4 is 4.74 Å². The number of nitrogens with zero attached hydrogens (tertiary/aromatic N) is 3. The molecule has 0 spiro atoms. The Kier molecular flexibility index (Phi) is 5.57. The van der Waals surface area contributed by atoms with Crippen molar-refractivity contribution in [2.24, 2.45) is 28.8 Å². The fourth-order valence-corrected chi connectivity index (χ4v) is 5.36. The molecule has 3 fully saturated rings. The standard InChI is InChI=1S/C25H22F3N3O2/c26-19-8-17(9-20(27)11-19)23-3-4-30-31(23)25(32)21-10-18(15-6-16(21)7-15)13-33-24-2-1-14(12-29)5-22(24)28/h1-2,4-5,8-9,11,15-16,18,21,23H,3,6-7,10,13H2/t15?,16?,18-,21?,23?/m0/s1. The van der Waals surface area contributed by atoms with Crippen LogP contribution in [0, 0.1) is 52.5 Å². The number of amides is 1. The number of ether oxygens (including phenoxy) is 1. The highest BCUT2D eigenvalue weighted by Gasteiger charge is 2.50. The summed E-state index contributed by atoms with van der Waals surface area (Å²) < 4.78 is 47.4. The molecule has 0 aromatic heterocycles. The first-order valence-electron chi connectivity index (χ1n) is 11.1. The molecule has 2 unspecified atom stereocenters. The average Bonchev–Trinajstić information content (AvgIpc) is 3.26. The maximum Gasteiger partial charge on any atom is 0.246 e. The van der Waals surface area contributed by atoms with E-state index in [4.69, 9.17) is 10.00 Å². The maximum absolute atomic E-state index is 14.2. The van der Waals surface area contributed by atoms with Crippen LogP contribution in [-0.4, -0.2) is 23.7 Å². The smallest absolute Gasteiger partial charge is 0.246 e. The summed E-state index contributed by atoms with van der Waals surface area (Å²) in [6.45, 7) is 0.284. The molecule has 2 aromatic rings. The summed E-state index contributed by atoms with van der Waals surface area (Å²) >= 11 is 0. The number of hydrogen-bond donors (Lipinski definition) is 0. The number of benzene rings is 2. The lowest BCUT2D eigenvalue weighted by Crippen LogP contribution is -2.50. The minimum atomic E-state index is -0.684. The summed E-state index contributed by atoms with van der Waals surface area (Å²) in [5, 5.41) is 14.5. The summed E-state index contributed by atoms with van der Waals surface area (Å²) in [5.41, 5.74) is 0.612. The maximum atomic E-state index is 14.2. The lowest BCUT2D eigenvalue weighted by molar-refractivity contribution is -0.148. The number of halogens is 3. The normalized spacial score (nSPS) is 27.7. The molecule has 0 saturated heterocycles. The molecule has 1 heterocycles. The van der Waals surface area contributed by atoms with Crippen molar-refractivity contribution in [3.8, 4) is 11.8 Å². The van der Waals surface area contributed by atoms with E-state index in [9.17, 15) is 18.0 Å². The predicted octanol–water partition coefficient (Wildman–Crippen LogP) is 4.98. The van der Waals surface area contributed by atoms with Gasteiger partial charge in [0.15, 0.2) is 11.6 Å². The number of hydrogen-bond acceptors (Lipinski definition) is 4. The van der Waals surface area contributed by atoms with E-state index in [1.807, 2.05) is 6.07 Å². The molecule has 5 nitrogen and oxygen atoms in total. The van der Waals surface area contributed by atoms with Gasteiger partial charge >= 0.3 is 0 Å². The Morgan fingerprint density at radius 1 is 1.09 bits per heavy atom. The van der Waals surface area contributed by atoms with Crippen LogP contribution in [0.1, 0.15) is 42.9 Å². The molecule has 6 rings (SSSR count). The highest BCUT2D eigenvalue weighted by Crippen LogP contribution is 2.53. The summed E-state index contributed by atoms with van der Waals surface area (Å²) in [4.78, 5) is 13.4. The fourth-order valence-electron chi connectivity index (χ4n) is 5.36. The van der Waals surface area contributed by atoms with Gasteiger partial charge in [0.25, 0.3) is 0 Å². The van der Waals surface area contributed by atoms with E-state index in [-0.39, 0.29) is 41.6 Å². The van der Waals surface area contributed by atoms with Gasteiger partial charge in [-0.15, -0.1) is 0 Å². The van der Waals surface area contributed by atoms with Gasteiger partial charge in [0.1, 0.15) is 11.6 Å². The Labute approximate surface area is 189 Å². The van der Waals surface area contributed by atoms with Crippen molar-refractivity contribution in [2.45, 2.75) is 31.7 Å². The summed E-state index contributed by atoms with van der Waals surface area (Å²) in [5.74, 6) is -1.48. The Morgan fingerprint density at radius 2 is 1.85 bits per heavy atom. The first-order valence-corrected chi connectivity index (χ1v) is 11.1. The summed E-state index contributed by atoms with van der Waals surface area (Å²) in [6.07, 6.45) is 4.40. The van der Waals surface area contributed by atoms with E-state index >= 15 is 0 Å². The number of hydrazone groups is 1. The van der Waals surface area contributed by atoms with Crippen LogP contribution in [0.25, 0.3) is 0 Å². The lowest BCUT2D eigenvalue weighted by Gasteiger charge is -2.51. The van der Waals surface area contributed by atoms with Crippen molar-refractivity contribution in [3.63, 3.8) is 0 Å². The molecule has 1 aliphatic heterocycles. The zero-order valence-electron chi connectivity index (χ0n) is 17.8. The molecular weight excluding hydrogens is 431 g/mol. The van der Waals surface area contributed by atoms with Crippen LogP contribution in [0.5, 0.6) is 5.75 Å². The van der Waals surface area contributed by atoms with Crippen molar-refractivity contribution >= 4 is 12.1 Å². The number of nitriles is 1. The van der Waals surface area contributed by atoms with Crippen LogP contribution in [0.4, 0.5) is 13.2 Å². The molecule has 3 atom stereocenters. The molecule has 33 heavy (non-hydrogen) atoms. The van der Waals surface area contributed by atoms with Crippen molar-refractivity contribution in [1.82, 2.24) is 5.01 Å². The average molecular weight is 453 g/mol.